The summed E-state index contributed by atoms with van der Waals surface area (Å²) in [5.74, 6) is 1.90. The standard InChI is InChI=1S/C43H32N4S/c1-2-3-13-28-22-24-34-35-20-12-19-32(40(35)48-39(34)26-28)31-23-25-38-36(27-31)33-18-10-11-21-37(33)47(38)43-45-41(29-14-6-4-7-15-29)44-42(46-43)30-16-8-5-9-17-30/h4-12,14-27H,2-3,13H2,1H3. The zero-order chi connectivity index (χ0) is 32.0. The lowest BCUT2D eigenvalue weighted by molar-refractivity contribution is 0.796. The van der Waals surface area contributed by atoms with Crippen LogP contribution < -0.4 is 0 Å². The highest BCUT2D eigenvalue weighted by Gasteiger charge is 2.19. The van der Waals surface area contributed by atoms with Crippen molar-refractivity contribution in [1.29, 1.82) is 0 Å². The van der Waals surface area contributed by atoms with Gasteiger partial charge in [-0.3, -0.25) is 4.57 Å². The van der Waals surface area contributed by atoms with Crippen LogP contribution >= 0.6 is 11.3 Å². The molecule has 0 bridgehead atoms. The van der Waals surface area contributed by atoms with Crippen molar-refractivity contribution in [3.05, 3.63) is 145 Å². The number of unbranched alkanes of at least 4 members (excludes halogenated alkanes) is 1. The van der Waals surface area contributed by atoms with Crippen LogP contribution in [-0.4, -0.2) is 19.5 Å². The summed E-state index contributed by atoms with van der Waals surface area (Å²) in [6, 6.07) is 49.4. The predicted octanol–water partition coefficient (Wildman–Crippen LogP) is 11.7. The summed E-state index contributed by atoms with van der Waals surface area (Å²) in [6.45, 7) is 2.26. The Hall–Kier alpha value is -5.65. The van der Waals surface area contributed by atoms with Gasteiger partial charge < -0.3 is 0 Å². The summed E-state index contributed by atoms with van der Waals surface area (Å²) in [4.78, 5) is 15.1. The minimum atomic E-state index is 0.604. The lowest BCUT2D eigenvalue weighted by atomic mass is 10.00. The van der Waals surface area contributed by atoms with Crippen molar-refractivity contribution in [2.45, 2.75) is 26.2 Å². The van der Waals surface area contributed by atoms with Crippen LogP contribution in [-0.2, 0) is 6.42 Å². The maximum atomic E-state index is 5.09. The molecule has 0 saturated heterocycles. The molecule has 0 aliphatic rings. The normalized spacial score (nSPS) is 11.7. The molecule has 0 aliphatic heterocycles. The van der Waals surface area contributed by atoms with Gasteiger partial charge in [-0.2, -0.15) is 9.97 Å². The van der Waals surface area contributed by atoms with E-state index in [2.05, 4.69) is 90.4 Å². The van der Waals surface area contributed by atoms with Crippen LogP contribution in [0.2, 0.25) is 0 Å². The average Bonchev–Trinajstić information content (AvgIpc) is 3.69. The molecule has 0 saturated carbocycles. The fraction of sp³-hybridized carbons (Fsp3) is 0.0930. The maximum Gasteiger partial charge on any atom is 0.238 e. The first-order chi connectivity index (χ1) is 23.7. The number of aromatic nitrogens is 4. The molecule has 6 aromatic carbocycles. The van der Waals surface area contributed by atoms with Crippen molar-refractivity contribution in [1.82, 2.24) is 19.5 Å². The van der Waals surface area contributed by atoms with Crippen LogP contribution in [0.1, 0.15) is 25.3 Å². The molecule has 3 heterocycles. The van der Waals surface area contributed by atoms with Gasteiger partial charge in [0, 0.05) is 42.1 Å². The third-order valence-electron chi connectivity index (χ3n) is 9.25. The Kier molecular flexibility index (Phi) is 7.06. The summed E-state index contributed by atoms with van der Waals surface area (Å²) in [6.07, 6.45) is 3.57. The zero-order valence-electron chi connectivity index (χ0n) is 26.6. The lowest BCUT2D eigenvalue weighted by Crippen LogP contribution is -2.06. The number of hydrogen-bond donors (Lipinski definition) is 0. The molecule has 4 nitrogen and oxygen atoms in total. The molecule has 9 rings (SSSR count). The van der Waals surface area contributed by atoms with E-state index in [1.165, 1.54) is 60.5 Å². The summed E-state index contributed by atoms with van der Waals surface area (Å²) in [5, 5.41) is 5.00. The van der Waals surface area contributed by atoms with Gasteiger partial charge in [0.15, 0.2) is 11.6 Å². The highest BCUT2D eigenvalue weighted by Crippen LogP contribution is 2.42. The maximum absolute atomic E-state index is 5.09. The fourth-order valence-corrected chi connectivity index (χ4v) is 8.16. The Morgan fingerprint density at radius 2 is 1.23 bits per heavy atom. The number of rotatable bonds is 7. The predicted molar refractivity (Wildman–Crippen MR) is 202 cm³/mol. The topological polar surface area (TPSA) is 43.6 Å². The second kappa shape index (κ2) is 11.9. The van der Waals surface area contributed by atoms with Crippen LogP contribution in [0, 0.1) is 0 Å². The van der Waals surface area contributed by atoms with Crippen LogP contribution in [0.5, 0.6) is 0 Å². The highest BCUT2D eigenvalue weighted by molar-refractivity contribution is 7.26. The molecule has 3 aromatic heterocycles. The quantitative estimate of drug-likeness (QED) is 0.175. The zero-order valence-corrected chi connectivity index (χ0v) is 27.4. The van der Waals surface area contributed by atoms with Crippen molar-refractivity contribution in [2.24, 2.45) is 0 Å². The van der Waals surface area contributed by atoms with E-state index in [0.29, 0.717) is 17.6 Å². The number of thiophene rings is 1. The summed E-state index contributed by atoms with van der Waals surface area (Å²) in [5.41, 5.74) is 7.93. The number of nitrogens with zero attached hydrogens (tertiary/aromatic N) is 4. The molecule has 0 amide bonds. The molecule has 0 spiro atoms. The monoisotopic (exact) mass is 636 g/mol. The first-order valence-corrected chi connectivity index (χ1v) is 17.4. The van der Waals surface area contributed by atoms with E-state index >= 15 is 0 Å². The van der Waals surface area contributed by atoms with E-state index in [0.717, 1.165) is 28.6 Å². The van der Waals surface area contributed by atoms with Crippen LogP contribution in [0.4, 0.5) is 0 Å². The summed E-state index contributed by atoms with van der Waals surface area (Å²) in [7, 11) is 0. The number of benzene rings is 6. The van der Waals surface area contributed by atoms with Gasteiger partial charge >= 0.3 is 0 Å². The van der Waals surface area contributed by atoms with Crippen molar-refractivity contribution in [2.75, 3.05) is 0 Å². The van der Waals surface area contributed by atoms with Gasteiger partial charge in [0.05, 0.1) is 11.0 Å². The van der Waals surface area contributed by atoms with E-state index in [1.54, 1.807) is 0 Å². The molecule has 0 aliphatic carbocycles. The Morgan fingerprint density at radius 1 is 0.542 bits per heavy atom. The molecular weight excluding hydrogens is 605 g/mol. The first-order valence-electron chi connectivity index (χ1n) is 16.6. The van der Waals surface area contributed by atoms with Gasteiger partial charge in [0.25, 0.3) is 0 Å². The van der Waals surface area contributed by atoms with Gasteiger partial charge in [-0.25, -0.2) is 4.98 Å². The first kappa shape index (κ1) is 28.6. The largest absolute Gasteiger partial charge is 0.278 e. The lowest BCUT2D eigenvalue weighted by Gasteiger charge is -2.11. The molecule has 0 fully saturated rings. The van der Waals surface area contributed by atoms with Crippen molar-refractivity contribution in [3.8, 4) is 39.9 Å². The minimum Gasteiger partial charge on any atom is -0.278 e. The summed E-state index contributed by atoms with van der Waals surface area (Å²) >= 11 is 1.91. The van der Waals surface area contributed by atoms with E-state index in [-0.39, 0.29) is 0 Å². The molecule has 0 atom stereocenters. The van der Waals surface area contributed by atoms with E-state index in [1.807, 2.05) is 72.0 Å². The average molecular weight is 637 g/mol. The van der Waals surface area contributed by atoms with Gasteiger partial charge in [0.1, 0.15) is 0 Å². The summed E-state index contributed by atoms with van der Waals surface area (Å²) < 4.78 is 4.88. The SMILES string of the molecule is CCCCc1ccc2c(c1)sc1c(-c3ccc4c(c3)c3ccccc3n4-c3nc(-c4ccccc4)nc(-c4ccccc4)n3)cccc12. The van der Waals surface area contributed by atoms with Gasteiger partial charge in [-0.1, -0.05) is 129 Å². The Morgan fingerprint density at radius 3 is 1.98 bits per heavy atom. The number of fused-ring (bicyclic) bond motifs is 6. The molecule has 5 heteroatoms. The molecule has 0 N–H and O–H groups in total. The number of para-hydroxylation sites is 1. The third-order valence-corrected chi connectivity index (χ3v) is 10.5. The van der Waals surface area contributed by atoms with E-state index in [9.17, 15) is 0 Å². The van der Waals surface area contributed by atoms with Gasteiger partial charge in [-0.05, 0) is 53.8 Å². The Labute approximate surface area is 283 Å². The Bertz CT molecular complexity index is 2540. The fourth-order valence-electron chi connectivity index (χ4n) is 6.86. The highest BCUT2D eigenvalue weighted by atomic mass is 32.1. The van der Waals surface area contributed by atoms with Crippen LogP contribution in [0.25, 0.3) is 81.8 Å². The third kappa shape index (κ3) is 4.86. The van der Waals surface area contributed by atoms with Crippen LogP contribution in [0.15, 0.2) is 140 Å². The molecule has 0 radical (unpaired) electrons. The van der Waals surface area contributed by atoms with Crippen molar-refractivity contribution >= 4 is 53.3 Å². The number of hydrogen-bond acceptors (Lipinski definition) is 4. The van der Waals surface area contributed by atoms with Gasteiger partial charge in [0.2, 0.25) is 5.95 Å². The van der Waals surface area contributed by atoms with Gasteiger partial charge in [-0.15, -0.1) is 11.3 Å². The van der Waals surface area contributed by atoms with Crippen molar-refractivity contribution < 1.29 is 0 Å². The van der Waals surface area contributed by atoms with E-state index < -0.39 is 0 Å². The second-order valence-electron chi connectivity index (χ2n) is 12.3. The molecule has 9 aromatic rings. The molecule has 0 unspecified atom stereocenters. The smallest absolute Gasteiger partial charge is 0.238 e. The van der Waals surface area contributed by atoms with E-state index in [4.69, 9.17) is 15.0 Å². The number of aryl methyl sites for hydroxylation is 1. The minimum absolute atomic E-state index is 0.604. The molecule has 230 valence electrons. The Balaban J connectivity index is 1.24. The molecular formula is C43H32N4S. The van der Waals surface area contributed by atoms with Crippen LogP contribution in [0.3, 0.4) is 0 Å². The van der Waals surface area contributed by atoms with Crippen molar-refractivity contribution in [3.63, 3.8) is 0 Å². The second-order valence-corrected chi connectivity index (χ2v) is 13.4. The molecule has 48 heavy (non-hydrogen) atoms.